The van der Waals surface area contributed by atoms with Crippen molar-refractivity contribution in [2.45, 2.75) is 32.0 Å². The van der Waals surface area contributed by atoms with E-state index in [2.05, 4.69) is 10.3 Å². The second kappa shape index (κ2) is 7.42. The zero-order valence-corrected chi connectivity index (χ0v) is 15.8. The van der Waals surface area contributed by atoms with E-state index in [4.69, 9.17) is 4.42 Å². The average Bonchev–Trinajstić information content (AvgIpc) is 3.07. The second-order valence-corrected chi connectivity index (χ2v) is 7.24. The first-order valence-corrected chi connectivity index (χ1v) is 9.39. The number of hydrogen-bond acceptors (Lipinski definition) is 4. The number of para-hydroxylation sites is 1. The molecule has 152 valence electrons. The predicted molar refractivity (Wildman–Crippen MR) is 103 cm³/mol. The topological polar surface area (TPSA) is 58.4 Å². The fourth-order valence-corrected chi connectivity index (χ4v) is 3.68. The molecule has 0 saturated carbocycles. The quantitative estimate of drug-likeness (QED) is 0.697. The number of piperidine rings is 1. The molecule has 3 heterocycles. The highest BCUT2D eigenvalue weighted by atomic mass is 19.4. The molecular formula is C21H20F3N3O2. The molecule has 0 radical (unpaired) electrons. The van der Waals surface area contributed by atoms with Crippen LogP contribution in [0.5, 0.6) is 0 Å². The molecule has 4 rings (SSSR count). The Morgan fingerprint density at radius 2 is 2.10 bits per heavy atom. The lowest BCUT2D eigenvalue weighted by Gasteiger charge is -2.34. The van der Waals surface area contributed by atoms with E-state index in [1.54, 1.807) is 6.07 Å². The number of alkyl halides is 3. The van der Waals surface area contributed by atoms with Crippen LogP contribution in [0.2, 0.25) is 0 Å². The summed E-state index contributed by atoms with van der Waals surface area (Å²) in [5.41, 5.74) is 0.255. The van der Waals surface area contributed by atoms with Gasteiger partial charge in [0.2, 0.25) is 0 Å². The van der Waals surface area contributed by atoms with Gasteiger partial charge < -0.3 is 14.6 Å². The Bertz CT molecular complexity index is 1030. The van der Waals surface area contributed by atoms with Gasteiger partial charge in [-0.25, -0.2) is 4.98 Å². The molecule has 1 saturated heterocycles. The van der Waals surface area contributed by atoms with E-state index in [1.165, 1.54) is 6.07 Å². The summed E-state index contributed by atoms with van der Waals surface area (Å²) < 4.78 is 43.9. The minimum absolute atomic E-state index is 0.133. The lowest BCUT2D eigenvalue weighted by molar-refractivity contribution is -0.137. The lowest BCUT2D eigenvalue weighted by atomic mass is 10.0. The van der Waals surface area contributed by atoms with E-state index < -0.39 is 11.7 Å². The second-order valence-electron chi connectivity index (χ2n) is 7.24. The van der Waals surface area contributed by atoms with Crippen LogP contribution in [-0.2, 0) is 6.18 Å². The molecule has 1 aliphatic rings. The molecule has 29 heavy (non-hydrogen) atoms. The largest absolute Gasteiger partial charge is 0.461 e. The highest BCUT2D eigenvalue weighted by molar-refractivity contribution is 6.05. The number of halogens is 3. The van der Waals surface area contributed by atoms with E-state index in [0.29, 0.717) is 30.1 Å². The number of nitrogens with zero attached hydrogens (tertiary/aromatic N) is 2. The van der Waals surface area contributed by atoms with Crippen LogP contribution in [0.1, 0.15) is 34.5 Å². The van der Waals surface area contributed by atoms with Crippen LogP contribution in [-0.4, -0.2) is 30.0 Å². The summed E-state index contributed by atoms with van der Waals surface area (Å²) in [5.74, 6) is 0.982. The summed E-state index contributed by atoms with van der Waals surface area (Å²) in [6.07, 6.45) is -1.97. The fourth-order valence-electron chi connectivity index (χ4n) is 3.68. The zero-order valence-electron chi connectivity index (χ0n) is 15.8. The highest BCUT2D eigenvalue weighted by Gasteiger charge is 2.31. The number of hydrogen-bond donors (Lipinski definition) is 1. The Morgan fingerprint density at radius 3 is 2.83 bits per heavy atom. The molecule has 0 spiro atoms. The number of rotatable bonds is 3. The van der Waals surface area contributed by atoms with Crippen molar-refractivity contribution in [3.63, 3.8) is 0 Å². The van der Waals surface area contributed by atoms with E-state index in [1.807, 2.05) is 30.0 Å². The molecule has 0 bridgehead atoms. The van der Waals surface area contributed by atoms with Gasteiger partial charge in [-0.3, -0.25) is 4.79 Å². The molecule has 1 fully saturated rings. The van der Waals surface area contributed by atoms with Crippen molar-refractivity contribution in [3.05, 3.63) is 59.5 Å². The number of nitrogens with one attached hydrogen (secondary N) is 1. The molecule has 1 aromatic carbocycles. The van der Waals surface area contributed by atoms with Crippen LogP contribution < -0.4 is 10.2 Å². The Balaban J connectivity index is 1.46. The number of benzene rings is 1. The van der Waals surface area contributed by atoms with E-state index in [9.17, 15) is 18.0 Å². The van der Waals surface area contributed by atoms with Crippen molar-refractivity contribution < 1.29 is 22.4 Å². The molecule has 8 heteroatoms. The summed E-state index contributed by atoms with van der Waals surface area (Å²) in [5, 5.41) is 3.89. The minimum atomic E-state index is -4.41. The van der Waals surface area contributed by atoms with E-state index in [0.717, 1.165) is 36.3 Å². The Kier molecular flexibility index (Phi) is 4.94. The first-order chi connectivity index (χ1) is 13.8. The lowest BCUT2D eigenvalue weighted by Crippen LogP contribution is -2.48. The van der Waals surface area contributed by atoms with Crippen LogP contribution in [0.3, 0.4) is 0 Å². The normalized spacial score (nSPS) is 17.5. The van der Waals surface area contributed by atoms with Gasteiger partial charge in [0.1, 0.15) is 17.2 Å². The predicted octanol–water partition coefficient (Wildman–Crippen LogP) is 4.55. The standard InChI is InChI=1S/C21H20F3N3O2/c1-13-10-14-4-2-6-17(19(14)29-13)20(28)26-16-5-3-9-27(12-16)18-8-7-15(11-25-18)21(22,23)24/h2,4,6-8,10-11,16H,3,5,9,12H2,1H3,(H,26,28)/t16-/m0/s1. The van der Waals surface area contributed by atoms with Crippen LogP contribution >= 0.6 is 0 Å². The van der Waals surface area contributed by atoms with Gasteiger partial charge in [0.05, 0.1) is 11.1 Å². The number of furan rings is 1. The Morgan fingerprint density at radius 1 is 1.28 bits per heavy atom. The summed E-state index contributed by atoms with van der Waals surface area (Å²) in [6.45, 7) is 2.99. The number of aryl methyl sites for hydroxylation is 1. The molecule has 1 aliphatic heterocycles. The maximum atomic E-state index is 12.8. The van der Waals surface area contributed by atoms with Gasteiger partial charge in [-0.2, -0.15) is 13.2 Å². The van der Waals surface area contributed by atoms with Crippen LogP contribution in [0.15, 0.2) is 47.0 Å². The monoisotopic (exact) mass is 403 g/mol. The molecule has 1 N–H and O–H groups in total. The average molecular weight is 403 g/mol. The number of carbonyl (C=O) groups excluding carboxylic acids is 1. The van der Waals surface area contributed by atoms with Crippen LogP contribution in [0.25, 0.3) is 11.0 Å². The van der Waals surface area contributed by atoms with Crippen molar-refractivity contribution in [3.8, 4) is 0 Å². The molecule has 1 atom stereocenters. The zero-order chi connectivity index (χ0) is 20.6. The third-order valence-corrected chi connectivity index (χ3v) is 5.07. The molecule has 0 unspecified atom stereocenters. The molecule has 3 aromatic rings. The number of pyridine rings is 1. The van der Waals surface area contributed by atoms with Crippen molar-refractivity contribution in [1.29, 1.82) is 0 Å². The maximum absolute atomic E-state index is 12.8. The van der Waals surface area contributed by atoms with Crippen molar-refractivity contribution in [2.24, 2.45) is 0 Å². The van der Waals surface area contributed by atoms with Gasteiger partial charge in [-0.1, -0.05) is 12.1 Å². The van der Waals surface area contributed by atoms with Crippen molar-refractivity contribution in [2.75, 3.05) is 18.0 Å². The van der Waals surface area contributed by atoms with E-state index >= 15 is 0 Å². The molecule has 1 amide bonds. The van der Waals surface area contributed by atoms with E-state index in [-0.39, 0.29) is 11.9 Å². The molecule has 2 aromatic heterocycles. The molecular weight excluding hydrogens is 383 g/mol. The minimum Gasteiger partial charge on any atom is -0.461 e. The third kappa shape index (κ3) is 4.06. The fraction of sp³-hybridized carbons (Fsp3) is 0.333. The maximum Gasteiger partial charge on any atom is 0.417 e. The summed E-state index contributed by atoms with van der Waals surface area (Å²) in [7, 11) is 0. The number of amides is 1. The van der Waals surface area contributed by atoms with Gasteiger partial charge in [0, 0.05) is 30.7 Å². The van der Waals surface area contributed by atoms with Crippen LogP contribution in [0.4, 0.5) is 19.0 Å². The Labute approximate surface area is 165 Å². The van der Waals surface area contributed by atoms with Gasteiger partial charge in [0.25, 0.3) is 5.91 Å². The van der Waals surface area contributed by atoms with Gasteiger partial charge in [-0.05, 0) is 44.0 Å². The first kappa shape index (κ1) is 19.3. The highest BCUT2D eigenvalue weighted by Crippen LogP contribution is 2.30. The molecule has 0 aliphatic carbocycles. The Hall–Kier alpha value is -3.03. The smallest absolute Gasteiger partial charge is 0.417 e. The summed E-state index contributed by atoms with van der Waals surface area (Å²) in [4.78, 5) is 18.7. The number of anilines is 1. The van der Waals surface area contributed by atoms with Crippen LogP contribution in [0, 0.1) is 6.92 Å². The number of aromatic nitrogens is 1. The van der Waals surface area contributed by atoms with Gasteiger partial charge >= 0.3 is 6.18 Å². The van der Waals surface area contributed by atoms with Gasteiger partial charge in [0.15, 0.2) is 0 Å². The number of carbonyl (C=O) groups is 1. The van der Waals surface area contributed by atoms with Gasteiger partial charge in [-0.15, -0.1) is 0 Å². The number of fused-ring (bicyclic) bond motifs is 1. The van der Waals surface area contributed by atoms with Crippen molar-refractivity contribution in [1.82, 2.24) is 10.3 Å². The summed E-state index contributed by atoms with van der Waals surface area (Å²) in [6, 6.07) is 9.58. The molecule has 5 nitrogen and oxygen atoms in total. The SMILES string of the molecule is Cc1cc2cccc(C(=O)N[C@H]3CCCN(c4ccc(C(F)(F)F)cn4)C3)c2o1. The summed E-state index contributed by atoms with van der Waals surface area (Å²) >= 11 is 0. The van der Waals surface area contributed by atoms with Crippen molar-refractivity contribution >= 4 is 22.7 Å². The first-order valence-electron chi connectivity index (χ1n) is 9.39. The third-order valence-electron chi connectivity index (χ3n) is 5.07.